The fourth-order valence-electron chi connectivity index (χ4n) is 2.08. The molecule has 0 aromatic heterocycles. The Labute approximate surface area is 160 Å². The molecule has 26 heavy (non-hydrogen) atoms. The maximum atomic E-state index is 12.0. The second kappa shape index (κ2) is 9.31. The van der Waals surface area contributed by atoms with E-state index in [-0.39, 0.29) is 21.4 Å². The quantitative estimate of drug-likeness (QED) is 0.723. The summed E-state index contributed by atoms with van der Waals surface area (Å²) in [6.07, 6.45) is 0. The largest absolute Gasteiger partial charge is 0.497 e. The topological polar surface area (TPSA) is 73.9 Å². The number of hydrogen-bond acceptors (Lipinski definition) is 5. The monoisotopic (exact) mass is 397 g/mol. The lowest BCUT2D eigenvalue weighted by Gasteiger charge is -2.09. The molecule has 0 bridgehead atoms. The number of amides is 1. The number of carbonyl (C=O) groups excluding carboxylic acids is 2. The van der Waals surface area contributed by atoms with Crippen LogP contribution in [0, 0.1) is 0 Å². The summed E-state index contributed by atoms with van der Waals surface area (Å²) in [5.74, 6) is -0.149. The van der Waals surface area contributed by atoms with E-state index < -0.39 is 18.5 Å². The molecule has 0 fully saturated rings. The van der Waals surface area contributed by atoms with Gasteiger partial charge in [-0.3, -0.25) is 4.79 Å². The van der Waals surface area contributed by atoms with Crippen molar-refractivity contribution in [1.29, 1.82) is 0 Å². The van der Waals surface area contributed by atoms with Crippen molar-refractivity contribution in [3.05, 3.63) is 57.6 Å². The summed E-state index contributed by atoms with van der Waals surface area (Å²) in [5.41, 5.74) is 1.02. The van der Waals surface area contributed by atoms with Gasteiger partial charge in [0.1, 0.15) is 5.75 Å². The van der Waals surface area contributed by atoms with E-state index in [1.54, 1.807) is 19.2 Å². The maximum absolute atomic E-state index is 12.0. The molecule has 1 amide bonds. The van der Waals surface area contributed by atoms with Crippen LogP contribution in [0.3, 0.4) is 0 Å². The van der Waals surface area contributed by atoms with Crippen LogP contribution < -0.4 is 14.8 Å². The molecule has 0 heterocycles. The first-order valence-electron chi connectivity index (χ1n) is 7.54. The van der Waals surface area contributed by atoms with Crippen molar-refractivity contribution < 1.29 is 23.8 Å². The predicted octanol–water partition coefficient (Wildman–Crippen LogP) is 3.48. The standard InChI is InChI=1S/C18H17Cl2NO5/c1-24-13-5-3-11(4-6-13)9-21-16(22)10-26-18(23)12-7-14(19)17(25-2)15(20)8-12/h3-8H,9-10H2,1-2H3,(H,21,22). The van der Waals surface area contributed by atoms with Crippen LogP contribution in [0.5, 0.6) is 11.5 Å². The van der Waals surface area contributed by atoms with Gasteiger partial charge in [-0.15, -0.1) is 0 Å². The van der Waals surface area contributed by atoms with E-state index in [2.05, 4.69) is 5.32 Å². The normalized spacial score (nSPS) is 10.2. The average molecular weight is 398 g/mol. The van der Waals surface area contributed by atoms with Crippen molar-refractivity contribution in [2.45, 2.75) is 6.54 Å². The predicted molar refractivity (Wildman–Crippen MR) is 98.1 cm³/mol. The molecule has 0 aliphatic rings. The highest BCUT2D eigenvalue weighted by molar-refractivity contribution is 6.37. The summed E-state index contributed by atoms with van der Waals surface area (Å²) in [6, 6.07) is 9.96. The number of halogens is 2. The maximum Gasteiger partial charge on any atom is 0.338 e. The Bertz CT molecular complexity index is 770. The zero-order valence-corrected chi connectivity index (χ0v) is 15.7. The lowest BCUT2D eigenvalue weighted by Crippen LogP contribution is -2.28. The molecule has 0 radical (unpaired) electrons. The Morgan fingerprint density at radius 1 is 1.00 bits per heavy atom. The first-order valence-corrected chi connectivity index (χ1v) is 8.30. The van der Waals surface area contributed by atoms with Crippen LogP contribution in [0.15, 0.2) is 36.4 Å². The van der Waals surface area contributed by atoms with Gasteiger partial charge in [-0.05, 0) is 29.8 Å². The Hall–Kier alpha value is -2.44. The van der Waals surface area contributed by atoms with E-state index in [0.29, 0.717) is 6.54 Å². The molecule has 0 atom stereocenters. The van der Waals surface area contributed by atoms with E-state index >= 15 is 0 Å². The van der Waals surface area contributed by atoms with Gasteiger partial charge in [-0.2, -0.15) is 0 Å². The summed E-state index contributed by atoms with van der Waals surface area (Å²) in [4.78, 5) is 23.8. The average Bonchev–Trinajstić information content (AvgIpc) is 2.64. The van der Waals surface area contributed by atoms with Crippen LogP contribution in [0.1, 0.15) is 15.9 Å². The highest BCUT2D eigenvalue weighted by atomic mass is 35.5. The molecule has 8 heteroatoms. The van der Waals surface area contributed by atoms with E-state index in [4.69, 9.17) is 37.4 Å². The van der Waals surface area contributed by atoms with Gasteiger partial charge < -0.3 is 19.5 Å². The number of esters is 1. The number of nitrogens with one attached hydrogen (secondary N) is 1. The highest BCUT2D eigenvalue weighted by Crippen LogP contribution is 2.33. The second-order valence-electron chi connectivity index (χ2n) is 5.17. The molecule has 0 unspecified atom stereocenters. The van der Waals surface area contributed by atoms with Crippen molar-refractivity contribution in [2.75, 3.05) is 20.8 Å². The number of benzene rings is 2. The zero-order chi connectivity index (χ0) is 19.1. The number of rotatable bonds is 7. The molecule has 2 aromatic carbocycles. The van der Waals surface area contributed by atoms with Gasteiger partial charge in [-0.1, -0.05) is 35.3 Å². The minimum absolute atomic E-state index is 0.128. The van der Waals surface area contributed by atoms with Crippen LogP contribution in [0.25, 0.3) is 0 Å². The van der Waals surface area contributed by atoms with Gasteiger partial charge in [0.2, 0.25) is 0 Å². The van der Waals surface area contributed by atoms with Crippen LogP contribution in [-0.4, -0.2) is 32.7 Å². The Balaban J connectivity index is 1.85. The van der Waals surface area contributed by atoms with Gasteiger partial charge in [-0.25, -0.2) is 4.79 Å². The molecule has 2 aromatic rings. The van der Waals surface area contributed by atoms with Crippen LogP contribution in [0.4, 0.5) is 0 Å². The SMILES string of the molecule is COc1ccc(CNC(=O)COC(=O)c2cc(Cl)c(OC)c(Cl)c2)cc1. The Kier molecular flexibility index (Phi) is 7.12. The first-order chi connectivity index (χ1) is 12.4. The van der Waals surface area contributed by atoms with Gasteiger partial charge in [0.15, 0.2) is 12.4 Å². The summed E-state index contributed by atoms with van der Waals surface area (Å²) in [6.45, 7) is -0.114. The van der Waals surface area contributed by atoms with Crippen LogP contribution >= 0.6 is 23.2 Å². The van der Waals surface area contributed by atoms with Crippen molar-refractivity contribution in [1.82, 2.24) is 5.32 Å². The number of hydrogen-bond donors (Lipinski definition) is 1. The molecule has 2 rings (SSSR count). The third-order valence-corrected chi connectivity index (χ3v) is 3.98. The molecule has 0 spiro atoms. The summed E-state index contributed by atoms with van der Waals surface area (Å²) in [7, 11) is 2.99. The minimum atomic E-state index is -0.712. The third kappa shape index (κ3) is 5.28. The Morgan fingerprint density at radius 3 is 2.15 bits per heavy atom. The highest BCUT2D eigenvalue weighted by Gasteiger charge is 2.15. The molecule has 0 saturated carbocycles. The lowest BCUT2D eigenvalue weighted by molar-refractivity contribution is -0.124. The van der Waals surface area contributed by atoms with E-state index in [1.165, 1.54) is 19.2 Å². The lowest BCUT2D eigenvalue weighted by atomic mass is 10.2. The van der Waals surface area contributed by atoms with Gasteiger partial charge in [0, 0.05) is 6.54 Å². The molecule has 138 valence electrons. The van der Waals surface area contributed by atoms with Crippen LogP contribution in [-0.2, 0) is 16.1 Å². The molecular formula is C18H17Cl2NO5. The van der Waals surface area contributed by atoms with Gasteiger partial charge in [0.25, 0.3) is 5.91 Å². The first kappa shape index (κ1) is 19.9. The van der Waals surface area contributed by atoms with E-state index in [1.807, 2.05) is 12.1 Å². The molecule has 6 nitrogen and oxygen atoms in total. The number of methoxy groups -OCH3 is 2. The molecule has 0 aliphatic heterocycles. The fraction of sp³-hybridized carbons (Fsp3) is 0.222. The second-order valence-corrected chi connectivity index (χ2v) is 5.99. The van der Waals surface area contributed by atoms with E-state index in [0.717, 1.165) is 11.3 Å². The molecular weight excluding hydrogens is 381 g/mol. The molecule has 0 aliphatic carbocycles. The van der Waals surface area contributed by atoms with Crippen LogP contribution in [0.2, 0.25) is 10.0 Å². The van der Waals surface area contributed by atoms with Gasteiger partial charge in [0.05, 0.1) is 29.8 Å². The fourth-order valence-corrected chi connectivity index (χ4v) is 2.72. The van der Waals surface area contributed by atoms with Crippen molar-refractivity contribution >= 4 is 35.1 Å². The van der Waals surface area contributed by atoms with Crippen molar-refractivity contribution in [3.8, 4) is 11.5 Å². The summed E-state index contributed by atoms with van der Waals surface area (Å²) in [5, 5.41) is 3.01. The minimum Gasteiger partial charge on any atom is -0.497 e. The van der Waals surface area contributed by atoms with Crippen molar-refractivity contribution in [2.24, 2.45) is 0 Å². The Morgan fingerprint density at radius 2 is 1.62 bits per heavy atom. The summed E-state index contributed by atoms with van der Waals surface area (Å²) >= 11 is 12.0. The van der Waals surface area contributed by atoms with E-state index in [9.17, 15) is 9.59 Å². The van der Waals surface area contributed by atoms with Gasteiger partial charge >= 0.3 is 5.97 Å². The smallest absolute Gasteiger partial charge is 0.338 e. The molecule has 0 saturated heterocycles. The van der Waals surface area contributed by atoms with Crippen molar-refractivity contribution in [3.63, 3.8) is 0 Å². The molecule has 1 N–H and O–H groups in total. The number of carbonyl (C=O) groups is 2. The number of ether oxygens (including phenoxy) is 3. The summed E-state index contributed by atoms with van der Waals surface area (Å²) < 4.78 is 15.0. The zero-order valence-electron chi connectivity index (χ0n) is 14.2. The third-order valence-electron chi connectivity index (χ3n) is 3.42.